The number of fused-ring (bicyclic) bond motifs is 1. The molecule has 0 saturated heterocycles. The Balaban J connectivity index is 2.11. The van der Waals surface area contributed by atoms with Crippen LogP contribution in [-0.4, -0.2) is 22.2 Å². The van der Waals surface area contributed by atoms with Crippen LogP contribution in [0, 0.1) is 0 Å². The van der Waals surface area contributed by atoms with Gasteiger partial charge >= 0.3 is 0 Å². The summed E-state index contributed by atoms with van der Waals surface area (Å²) < 4.78 is 5.01. The van der Waals surface area contributed by atoms with Gasteiger partial charge in [0.15, 0.2) is 11.5 Å². The number of halogens is 1. The van der Waals surface area contributed by atoms with Crippen LogP contribution in [0.4, 0.5) is 0 Å². The highest BCUT2D eigenvalue weighted by molar-refractivity contribution is 6.31. The van der Waals surface area contributed by atoms with Crippen LogP contribution in [0.2, 0.25) is 5.02 Å². The first-order valence-corrected chi connectivity index (χ1v) is 6.08. The molecule has 19 heavy (non-hydrogen) atoms. The molecule has 0 amide bonds. The van der Waals surface area contributed by atoms with Crippen LogP contribution >= 0.6 is 11.6 Å². The van der Waals surface area contributed by atoms with Crippen molar-refractivity contribution in [2.75, 3.05) is 7.11 Å². The molecule has 5 heteroatoms. The topological polar surface area (TPSA) is 58.1 Å². The summed E-state index contributed by atoms with van der Waals surface area (Å²) in [4.78, 5) is 7.62. The molecule has 0 fully saturated rings. The summed E-state index contributed by atoms with van der Waals surface area (Å²) in [5, 5.41) is 10.4. The van der Waals surface area contributed by atoms with Crippen molar-refractivity contribution in [3.63, 3.8) is 0 Å². The molecule has 0 aliphatic heterocycles. The lowest BCUT2D eigenvalue weighted by molar-refractivity contribution is 0.373. The van der Waals surface area contributed by atoms with E-state index in [0.29, 0.717) is 16.6 Å². The van der Waals surface area contributed by atoms with Crippen molar-refractivity contribution in [2.24, 2.45) is 0 Å². The van der Waals surface area contributed by atoms with Crippen LogP contribution in [0.3, 0.4) is 0 Å². The highest BCUT2D eigenvalue weighted by Gasteiger charge is 2.08. The van der Waals surface area contributed by atoms with Gasteiger partial charge in [-0.15, -0.1) is 0 Å². The zero-order valence-corrected chi connectivity index (χ0v) is 10.9. The summed E-state index contributed by atoms with van der Waals surface area (Å²) in [6.07, 6.45) is 0. The van der Waals surface area contributed by atoms with Crippen molar-refractivity contribution in [3.05, 3.63) is 41.4 Å². The Bertz CT molecular complexity index is 752. The normalized spacial score (nSPS) is 10.8. The number of aromatic amines is 1. The summed E-state index contributed by atoms with van der Waals surface area (Å²) in [6.45, 7) is 0. The van der Waals surface area contributed by atoms with E-state index in [0.717, 1.165) is 16.6 Å². The number of H-pyrrole nitrogens is 1. The van der Waals surface area contributed by atoms with Crippen LogP contribution in [0.25, 0.3) is 22.4 Å². The second-order valence-electron chi connectivity index (χ2n) is 4.13. The summed E-state index contributed by atoms with van der Waals surface area (Å²) in [6, 6.07) is 10.6. The Morgan fingerprint density at radius 1 is 1.21 bits per heavy atom. The number of benzene rings is 2. The number of nitrogens with one attached hydrogen (secondary N) is 1. The van der Waals surface area contributed by atoms with E-state index in [1.807, 2.05) is 18.2 Å². The standard InChI is InChI=1S/C14H11ClN2O2/c1-19-13-5-2-8(6-12(13)18)14-16-10-4-3-9(15)7-11(10)17-14/h2-7,18H,1H3,(H,16,17). The third-order valence-electron chi connectivity index (χ3n) is 2.90. The average molecular weight is 275 g/mol. The van der Waals surface area contributed by atoms with Gasteiger partial charge < -0.3 is 14.8 Å². The SMILES string of the molecule is COc1ccc(-c2nc3ccc(Cl)cc3[nH]2)cc1O. The highest BCUT2D eigenvalue weighted by Crippen LogP contribution is 2.31. The number of methoxy groups -OCH3 is 1. The van der Waals surface area contributed by atoms with Gasteiger partial charge in [-0.2, -0.15) is 0 Å². The molecule has 1 aromatic heterocycles. The number of aromatic hydroxyl groups is 1. The molecule has 96 valence electrons. The molecular formula is C14H11ClN2O2. The first-order valence-electron chi connectivity index (χ1n) is 5.70. The van der Waals surface area contributed by atoms with Gasteiger partial charge in [-0.25, -0.2) is 4.98 Å². The fraction of sp³-hybridized carbons (Fsp3) is 0.0714. The monoisotopic (exact) mass is 274 g/mol. The number of rotatable bonds is 2. The average Bonchev–Trinajstić information content (AvgIpc) is 2.81. The van der Waals surface area contributed by atoms with Gasteiger partial charge in [-0.05, 0) is 36.4 Å². The third-order valence-corrected chi connectivity index (χ3v) is 3.13. The van der Waals surface area contributed by atoms with Crippen molar-refractivity contribution < 1.29 is 9.84 Å². The molecule has 2 N–H and O–H groups in total. The molecule has 0 bridgehead atoms. The molecule has 0 aliphatic carbocycles. The predicted molar refractivity (Wildman–Crippen MR) is 74.8 cm³/mol. The zero-order chi connectivity index (χ0) is 13.4. The fourth-order valence-electron chi connectivity index (χ4n) is 1.96. The number of imidazole rings is 1. The van der Waals surface area contributed by atoms with Gasteiger partial charge in [0.2, 0.25) is 0 Å². The van der Waals surface area contributed by atoms with E-state index in [4.69, 9.17) is 16.3 Å². The van der Waals surface area contributed by atoms with Crippen LogP contribution < -0.4 is 4.74 Å². The molecule has 2 aromatic carbocycles. The third kappa shape index (κ3) is 2.11. The van der Waals surface area contributed by atoms with Crippen molar-refractivity contribution in [3.8, 4) is 22.9 Å². The lowest BCUT2D eigenvalue weighted by atomic mass is 10.2. The number of aromatic nitrogens is 2. The molecule has 3 aromatic rings. The smallest absolute Gasteiger partial charge is 0.160 e. The summed E-state index contributed by atoms with van der Waals surface area (Å²) in [5.41, 5.74) is 2.47. The van der Waals surface area contributed by atoms with E-state index >= 15 is 0 Å². The molecule has 0 unspecified atom stereocenters. The maximum atomic E-state index is 9.78. The van der Waals surface area contributed by atoms with Gasteiger partial charge in [0.25, 0.3) is 0 Å². The summed E-state index contributed by atoms with van der Waals surface area (Å²) >= 11 is 5.93. The maximum absolute atomic E-state index is 9.78. The molecule has 1 heterocycles. The largest absolute Gasteiger partial charge is 0.504 e. The number of phenols is 1. The highest BCUT2D eigenvalue weighted by atomic mass is 35.5. The zero-order valence-electron chi connectivity index (χ0n) is 10.1. The Morgan fingerprint density at radius 3 is 2.79 bits per heavy atom. The molecular weight excluding hydrogens is 264 g/mol. The molecule has 0 aliphatic rings. The van der Waals surface area contributed by atoms with E-state index in [2.05, 4.69) is 9.97 Å². The molecule has 0 saturated carbocycles. The van der Waals surface area contributed by atoms with E-state index in [1.165, 1.54) is 7.11 Å². The predicted octanol–water partition coefficient (Wildman–Crippen LogP) is 3.60. The second kappa shape index (κ2) is 4.48. The van der Waals surface area contributed by atoms with Gasteiger partial charge in [0, 0.05) is 10.6 Å². The quantitative estimate of drug-likeness (QED) is 0.751. The first-order chi connectivity index (χ1) is 9.17. The molecule has 4 nitrogen and oxygen atoms in total. The van der Waals surface area contributed by atoms with E-state index < -0.39 is 0 Å². The van der Waals surface area contributed by atoms with Gasteiger partial charge in [0.1, 0.15) is 5.82 Å². The number of phenolic OH excluding ortho intramolecular Hbond substituents is 1. The van der Waals surface area contributed by atoms with Crippen LogP contribution in [-0.2, 0) is 0 Å². The Morgan fingerprint density at radius 2 is 2.05 bits per heavy atom. The van der Waals surface area contributed by atoms with E-state index in [9.17, 15) is 5.11 Å². The van der Waals surface area contributed by atoms with Crippen LogP contribution in [0.1, 0.15) is 0 Å². The lowest BCUT2D eigenvalue weighted by Gasteiger charge is -2.04. The minimum atomic E-state index is 0.0819. The van der Waals surface area contributed by atoms with Crippen molar-refractivity contribution in [2.45, 2.75) is 0 Å². The maximum Gasteiger partial charge on any atom is 0.160 e. The summed E-state index contributed by atoms with van der Waals surface area (Å²) in [7, 11) is 1.51. The Labute approximate surface area is 114 Å². The molecule has 0 spiro atoms. The molecule has 0 radical (unpaired) electrons. The van der Waals surface area contributed by atoms with Crippen LogP contribution in [0.5, 0.6) is 11.5 Å². The first kappa shape index (κ1) is 11.9. The van der Waals surface area contributed by atoms with Gasteiger partial charge in [-0.3, -0.25) is 0 Å². The van der Waals surface area contributed by atoms with E-state index in [-0.39, 0.29) is 5.75 Å². The number of hydrogen-bond acceptors (Lipinski definition) is 3. The van der Waals surface area contributed by atoms with Crippen molar-refractivity contribution >= 4 is 22.6 Å². The van der Waals surface area contributed by atoms with Crippen LogP contribution in [0.15, 0.2) is 36.4 Å². The molecule has 0 atom stereocenters. The molecule has 3 rings (SSSR count). The summed E-state index contributed by atoms with van der Waals surface area (Å²) in [5.74, 6) is 1.19. The lowest BCUT2D eigenvalue weighted by Crippen LogP contribution is -1.85. The van der Waals surface area contributed by atoms with Crippen molar-refractivity contribution in [1.29, 1.82) is 0 Å². The Kier molecular flexibility index (Phi) is 2.80. The number of hydrogen-bond donors (Lipinski definition) is 2. The Hall–Kier alpha value is -2.20. The van der Waals surface area contributed by atoms with Gasteiger partial charge in [-0.1, -0.05) is 11.6 Å². The van der Waals surface area contributed by atoms with Crippen molar-refractivity contribution in [1.82, 2.24) is 9.97 Å². The minimum Gasteiger partial charge on any atom is -0.504 e. The number of nitrogens with zero attached hydrogens (tertiary/aromatic N) is 1. The fourth-order valence-corrected chi connectivity index (χ4v) is 2.13. The second-order valence-corrected chi connectivity index (χ2v) is 4.57. The van der Waals surface area contributed by atoms with E-state index in [1.54, 1.807) is 18.2 Å². The number of ether oxygens (including phenoxy) is 1. The minimum absolute atomic E-state index is 0.0819. The van der Waals surface area contributed by atoms with Gasteiger partial charge in [0.05, 0.1) is 18.1 Å².